The molecular formula is C57H64F2N8O6S. The third-order valence-electron chi connectivity index (χ3n) is 12.4. The molecule has 0 aliphatic carbocycles. The topological polar surface area (TPSA) is 168 Å². The summed E-state index contributed by atoms with van der Waals surface area (Å²) in [5.41, 5.74) is 4.28. The lowest BCUT2D eigenvalue weighted by molar-refractivity contribution is -0.129. The number of benzene rings is 4. The van der Waals surface area contributed by atoms with Crippen molar-refractivity contribution in [2.75, 3.05) is 22.9 Å². The van der Waals surface area contributed by atoms with Crippen molar-refractivity contribution in [1.29, 1.82) is 0 Å². The smallest absolute Gasteiger partial charge is 0.271 e. The van der Waals surface area contributed by atoms with Crippen molar-refractivity contribution >= 4 is 58.2 Å². The van der Waals surface area contributed by atoms with Gasteiger partial charge in [0.15, 0.2) is 0 Å². The van der Waals surface area contributed by atoms with E-state index in [-0.39, 0.29) is 73.5 Å². The fraction of sp³-hybridized carbons (Fsp3) is 0.351. The van der Waals surface area contributed by atoms with Crippen LogP contribution in [0.25, 0.3) is 0 Å². The predicted octanol–water partition coefficient (Wildman–Crippen LogP) is 9.27. The maximum atomic E-state index is 14.2. The minimum Gasteiger partial charge on any atom is -0.357 e. The Labute approximate surface area is 435 Å². The van der Waals surface area contributed by atoms with Gasteiger partial charge in [-0.15, -0.1) is 11.3 Å². The number of fused-ring (bicyclic) bond motifs is 2. The average molecular weight is 1030 g/mol. The molecule has 388 valence electrons. The van der Waals surface area contributed by atoms with Crippen LogP contribution >= 0.6 is 11.3 Å². The number of aryl methyl sites for hydroxylation is 2. The molecule has 4 aromatic carbocycles. The number of hydrogen-bond acceptors (Lipinski definition) is 8. The lowest BCUT2D eigenvalue weighted by Gasteiger charge is -2.33. The van der Waals surface area contributed by atoms with Crippen LogP contribution in [0.5, 0.6) is 0 Å². The zero-order valence-electron chi connectivity index (χ0n) is 43.1. The van der Waals surface area contributed by atoms with E-state index in [0.717, 1.165) is 27.5 Å². The second-order valence-corrected chi connectivity index (χ2v) is 22.2. The number of carbonyl (C=O) groups is 6. The van der Waals surface area contributed by atoms with Crippen LogP contribution in [-0.4, -0.2) is 80.4 Å². The molecule has 0 spiro atoms. The number of nitrogens with zero attached hydrogens (tertiary/aromatic N) is 5. The molecule has 14 nitrogen and oxygen atoms in total. The van der Waals surface area contributed by atoms with Crippen molar-refractivity contribution in [3.05, 3.63) is 171 Å². The summed E-state index contributed by atoms with van der Waals surface area (Å²) in [6.45, 7) is 17.0. The highest BCUT2D eigenvalue weighted by Gasteiger charge is 2.43. The van der Waals surface area contributed by atoms with Gasteiger partial charge in [-0.25, -0.2) is 13.8 Å². The van der Waals surface area contributed by atoms with E-state index >= 15 is 0 Å². The highest BCUT2D eigenvalue weighted by atomic mass is 32.1. The van der Waals surface area contributed by atoms with Gasteiger partial charge < -0.3 is 35.2 Å². The van der Waals surface area contributed by atoms with Gasteiger partial charge in [0.1, 0.15) is 34.3 Å². The van der Waals surface area contributed by atoms with Crippen LogP contribution < -0.4 is 20.4 Å². The van der Waals surface area contributed by atoms with Gasteiger partial charge in [0.2, 0.25) is 23.6 Å². The number of halogens is 2. The molecule has 0 fully saturated rings. The number of H-pyrrole nitrogens is 1. The maximum absolute atomic E-state index is 14.2. The summed E-state index contributed by atoms with van der Waals surface area (Å²) in [7, 11) is 0. The molecule has 0 saturated carbocycles. The third-order valence-corrected chi connectivity index (χ3v) is 13.5. The summed E-state index contributed by atoms with van der Waals surface area (Å²) in [6, 6.07) is 28.7. The van der Waals surface area contributed by atoms with Gasteiger partial charge in [0, 0.05) is 68.0 Å². The maximum Gasteiger partial charge on any atom is 0.271 e. The Morgan fingerprint density at radius 1 is 0.622 bits per heavy atom. The standard InChI is InChI=1S/C29H33FN4O3S.C28H31FN4O3/c1-18-26(38-19(2)32-18)28(37)33-16-21-11-7-9-13-23(21)34(17-29(3,4)5)27(36)24(33)14-25(35)31-15-20-10-6-8-12-22(20)30;1-28(2,3)18-33-23-13-7-5-10-20(23)17-32(26(35)22-12-8-14-30-22)24(27(33)36)15-25(34)31-16-19-9-4-6-11-21(19)29/h6-13,24H,14-17H2,1-5H3,(H,31,35);4-14,24,30H,15-18H2,1-3H3,(H,31,34). The molecule has 2 atom stereocenters. The second kappa shape index (κ2) is 23.1. The Hall–Kier alpha value is -7.53. The molecule has 6 amide bonds. The number of amides is 6. The van der Waals surface area contributed by atoms with E-state index in [4.69, 9.17) is 0 Å². The molecule has 17 heteroatoms. The first-order valence-corrected chi connectivity index (χ1v) is 25.4. The van der Waals surface area contributed by atoms with E-state index in [0.29, 0.717) is 40.5 Å². The third kappa shape index (κ3) is 13.4. The first-order chi connectivity index (χ1) is 35.1. The normalized spacial score (nSPS) is 15.8. The Morgan fingerprint density at radius 3 is 1.46 bits per heavy atom. The number of para-hydroxylation sites is 2. The van der Waals surface area contributed by atoms with Crippen LogP contribution in [0, 0.1) is 36.3 Å². The van der Waals surface area contributed by atoms with Crippen LogP contribution in [-0.2, 0) is 45.4 Å². The fourth-order valence-corrected chi connectivity index (χ4v) is 9.88. The van der Waals surface area contributed by atoms with Crippen molar-refractivity contribution in [3.8, 4) is 0 Å². The van der Waals surface area contributed by atoms with Gasteiger partial charge in [-0.05, 0) is 72.2 Å². The van der Waals surface area contributed by atoms with Gasteiger partial charge >= 0.3 is 0 Å². The first kappa shape index (κ1) is 54.2. The highest BCUT2D eigenvalue weighted by molar-refractivity contribution is 7.13. The second-order valence-electron chi connectivity index (χ2n) is 21.0. The molecule has 74 heavy (non-hydrogen) atoms. The summed E-state index contributed by atoms with van der Waals surface area (Å²) < 4.78 is 28.1. The number of aromatic nitrogens is 2. The number of nitrogens with one attached hydrogen (secondary N) is 3. The van der Waals surface area contributed by atoms with Crippen molar-refractivity contribution in [2.24, 2.45) is 10.8 Å². The summed E-state index contributed by atoms with van der Waals surface area (Å²) in [5, 5.41) is 6.19. The average Bonchev–Trinajstić information content (AvgIpc) is 3.98. The summed E-state index contributed by atoms with van der Waals surface area (Å²) in [6.07, 6.45) is 1.15. The van der Waals surface area contributed by atoms with Gasteiger partial charge in [0.05, 0.1) is 23.5 Å². The van der Waals surface area contributed by atoms with Crippen LogP contribution in [0.2, 0.25) is 0 Å². The SMILES string of the molecule is CC(C)(C)CN1C(=O)C(CC(=O)NCc2ccccc2F)N(C(=O)c2ccc[nH]2)Cc2ccccc21.Cc1nc(C)c(C(=O)N2Cc3ccccc3N(CC(C)(C)C)C(=O)C2CC(=O)NCc2ccccc2F)s1. The van der Waals surface area contributed by atoms with E-state index in [2.05, 4.69) is 20.6 Å². The number of rotatable bonds is 12. The van der Waals surface area contributed by atoms with Crippen LogP contribution in [0.1, 0.15) is 107 Å². The number of carbonyl (C=O) groups excluding carboxylic acids is 6. The lowest BCUT2D eigenvalue weighted by atomic mass is 9.95. The van der Waals surface area contributed by atoms with E-state index in [9.17, 15) is 37.5 Å². The monoisotopic (exact) mass is 1030 g/mol. The largest absolute Gasteiger partial charge is 0.357 e. The molecule has 0 saturated heterocycles. The molecule has 2 aromatic heterocycles. The predicted molar refractivity (Wildman–Crippen MR) is 282 cm³/mol. The van der Waals surface area contributed by atoms with Crippen molar-refractivity contribution in [3.63, 3.8) is 0 Å². The molecule has 2 unspecified atom stereocenters. The molecule has 0 bridgehead atoms. The van der Waals surface area contributed by atoms with Crippen LogP contribution in [0.4, 0.5) is 20.2 Å². The number of hydrogen-bond donors (Lipinski definition) is 3. The van der Waals surface area contributed by atoms with Crippen molar-refractivity contribution in [2.45, 2.75) is 106 Å². The molecule has 3 N–H and O–H groups in total. The Morgan fingerprint density at radius 2 is 1.05 bits per heavy atom. The van der Waals surface area contributed by atoms with E-state index in [1.54, 1.807) is 71.5 Å². The molecule has 2 aliphatic rings. The summed E-state index contributed by atoms with van der Waals surface area (Å²) in [4.78, 5) is 95.9. The van der Waals surface area contributed by atoms with Gasteiger partial charge in [0.25, 0.3) is 11.8 Å². The fourth-order valence-electron chi connectivity index (χ4n) is 9.01. The Kier molecular flexibility index (Phi) is 17.0. The van der Waals surface area contributed by atoms with Gasteiger partial charge in [-0.1, -0.05) is 114 Å². The number of anilines is 2. The van der Waals surface area contributed by atoms with Gasteiger partial charge in [-0.2, -0.15) is 0 Å². The summed E-state index contributed by atoms with van der Waals surface area (Å²) >= 11 is 1.28. The molecule has 0 radical (unpaired) electrons. The van der Waals surface area contributed by atoms with E-state index in [1.807, 2.05) is 97.0 Å². The van der Waals surface area contributed by atoms with Crippen molar-refractivity contribution in [1.82, 2.24) is 30.4 Å². The van der Waals surface area contributed by atoms with Crippen molar-refractivity contribution < 1.29 is 37.5 Å². The Balaban J connectivity index is 0.000000217. The van der Waals surface area contributed by atoms with E-state index in [1.165, 1.54) is 33.3 Å². The molecule has 4 heterocycles. The Bertz CT molecular complexity index is 3020. The molecule has 6 aromatic rings. The lowest BCUT2D eigenvalue weighted by Crippen LogP contribution is -2.52. The van der Waals surface area contributed by atoms with Crippen LogP contribution in [0.15, 0.2) is 115 Å². The quantitative estimate of drug-likeness (QED) is 0.110. The number of thiazole rings is 1. The molecule has 2 aliphatic heterocycles. The minimum absolute atomic E-state index is 0.0110. The zero-order valence-corrected chi connectivity index (χ0v) is 43.9. The zero-order chi connectivity index (χ0) is 53.5. The van der Waals surface area contributed by atoms with Gasteiger partial charge in [-0.3, -0.25) is 28.8 Å². The first-order valence-electron chi connectivity index (χ1n) is 24.6. The summed E-state index contributed by atoms with van der Waals surface area (Å²) in [5.74, 6) is -3.06. The van der Waals surface area contributed by atoms with E-state index < -0.39 is 35.5 Å². The highest BCUT2D eigenvalue weighted by Crippen LogP contribution is 2.35. The molecule has 8 rings (SSSR count). The molecular weight excluding hydrogens is 963 g/mol. The number of aromatic amines is 1. The van der Waals surface area contributed by atoms with Crippen LogP contribution in [0.3, 0.4) is 0 Å². The minimum atomic E-state index is -1.04.